The molecule has 4 nitrogen and oxygen atoms in total. The predicted octanol–water partition coefficient (Wildman–Crippen LogP) is 1.50. The van der Waals surface area contributed by atoms with Crippen LogP contribution in [0.1, 0.15) is 5.56 Å². The topological polar surface area (TPSA) is 66.4 Å². The van der Waals surface area contributed by atoms with Crippen LogP contribution in [-0.2, 0) is 16.6 Å². The summed E-state index contributed by atoms with van der Waals surface area (Å²) in [6, 6.07) is 2.49. The Morgan fingerprint density at radius 2 is 1.90 bits per heavy atom. The number of aliphatic hydroxyl groups excluding tert-OH is 1. The lowest BCUT2D eigenvalue weighted by atomic mass is 10.2. The largest absolute Gasteiger partial charge is 0.392 e. The average Bonchev–Trinajstić information content (AvgIpc) is 2.36. The van der Waals surface area contributed by atoms with Gasteiger partial charge < -0.3 is 5.11 Å². The molecule has 0 unspecified atom stereocenters. The van der Waals surface area contributed by atoms with Gasteiger partial charge in [-0.2, -0.15) is 8.78 Å². The molecule has 0 aliphatic rings. The van der Waals surface area contributed by atoms with Crippen LogP contribution in [0.15, 0.2) is 23.1 Å². The van der Waals surface area contributed by atoms with Crippen LogP contribution >= 0.6 is 0 Å². The molecule has 0 fully saturated rings. The molecule has 0 aliphatic carbocycles. The highest BCUT2D eigenvalue weighted by Gasteiger charge is 2.41. The van der Waals surface area contributed by atoms with Gasteiger partial charge in [0.05, 0.1) is 13.2 Å². The summed E-state index contributed by atoms with van der Waals surface area (Å²) in [6.07, 6.45) is -4.05. The second-order valence-electron chi connectivity index (χ2n) is 3.81. The minimum atomic E-state index is -4.70. The van der Waals surface area contributed by atoms with E-state index in [0.717, 1.165) is 12.1 Å². The van der Waals surface area contributed by atoms with E-state index in [1.807, 2.05) is 0 Å². The van der Waals surface area contributed by atoms with Gasteiger partial charge >= 0.3 is 12.3 Å². The van der Waals surface area contributed by atoms with Gasteiger partial charge in [0.25, 0.3) is 0 Å². The molecule has 0 bridgehead atoms. The minimum Gasteiger partial charge on any atom is -0.392 e. The Bertz CT molecular complexity index is 576. The zero-order valence-corrected chi connectivity index (χ0v) is 10.6. The first kappa shape index (κ1) is 16.8. The highest BCUT2D eigenvalue weighted by atomic mass is 32.2. The molecule has 0 spiro atoms. The van der Waals surface area contributed by atoms with Gasteiger partial charge in [-0.1, -0.05) is 6.07 Å². The molecule has 0 heterocycles. The number of sulfonamides is 1. The molecular weight excluding hydrogens is 309 g/mol. The average molecular weight is 319 g/mol. The molecule has 10 heteroatoms. The molecule has 0 saturated heterocycles. The fourth-order valence-corrected chi connectivity index (χ4v) is 2.31. The number of aliphatic hydroxyl groups is 1. The molecular formula is C10H10F5NO3S. The van der Waals surface area contributed by atoms with Gasteiger partial charge in [0.15, 0.2) is 0 Å². The van der Waals surface area contributed by atoms with E-state index in [1.54, 1.807) is 0 Å². The van der Waals surface area contributed by atoms with Gasteiger partial charge in [-0.25, -0.2) is 26.3 Å². The SMILES string of the molecule is O=S(=O)(NCC(F)(F)C(F)F)c1ccc(CO)cc1F. The lowest BCUT2D eigenvalue weighted by molar-refractivity contribution is -0.122. The van der Waals surface area contributed by atoms with Crippen molar-refractivity contribution in [3.63, 3.8) is 0 Å². The summed E-state index contributed by atoms with van der Waals surface area (Å²) in [7, 11) is -4.70. The number of halogens is 5. The van der Waals surface area contributed by atoms with Crippen LogP contribution < -0.4 is 4.72 Å². The van der Waals surface area contributed by atoms with E-state index < -0.39 is 46.2 Å². The minimum absolute atomic E-state index is 0.0689. The third-order valence-corrected chi connectivity index (χ3v) is 3.72. The normalized spacial score (nSPS) is 12.9. The molecule has 1 aromatic carbocycles. The van der Waals surface area contributed by atoms with Crippen molar-refractivity contribution in [2.24, 2.45) is 0 Å². The van der Waals surface area contributed by atoms with E-state index in [9.17, 15) is 30.4 Å². The van der Waals surface area contributed by atoms with E-state index >= 15 is 0 Å². The van der Waals surface area contributed by atoms with Crippen molar-refractivity contribution in [2.45, 2.75) is 23.9 Å². The summed E-state index contributed by atoms with van der Waals surface area (Å²) >= 11 is 0. The van der Waals surface area contributed by atoms with Gasteiger partial charge in [0.1, 0.15) is 10.7 Å². The quantitative estimate of drug-likeness (QED) is 0.781. The van der Waals surface area contributed by atoms with Gasteiger partial charge in [-0.3, -0.25) is 0 Å². The Hall–Kier alpha value is -1.26. The summed E-state index contributed by atoms with van der Waals surface area (Å²) in [5.41, 5.74) is 0.0689. The van der Waals surface area contributed by atoms with E-state index in [0.29, 0.717) is 6.07 Å². The number of nitrogens with one attached hydrogen (secondary N) is 1. The van der Waals surface area contributed by atoms with Crippen molar-refractivity contribution in [1.82, 2.24) is 4.72 Å². The summed E-state index contributed by atoms with van der Waals surface area (Å²) in [4.78, 5) is -0.972. The molecule has 0 amide bonds. The fraction of sp³-hybridized carbons (Fsp3) is 0.400. The number of hydrogen-bond acceptors (Lipinski definition) is 3. The fourth-order valence-electron chi connectivity index (χ4n) is 1.21. The van der Waals surface area contributed by atoms with Crippen LogP contribution in [0.3, 0.4) is 0 Å². The molecule has 0 atom stereocenters. The van der Waals surface area contributed by atoms with Crippen LogP contribution in [0.5, 0.6) is 0 Å². The summed E-state index contributed by atoms with van der Waals surface area (Å²) in [5.74, 6) is -5.85. The van der Waals surface area contributed by atoms with Crippen LogP contribution in [0.2, 0.25) is 0 Å². The van der Waals surface area contributed by atoms with E-state index in [-0.39, 0.29) is 5.56 Å². The second kappa shape index (κ2) is 6.02. The summed E-state index contributed by atoms with van der Waals surface area (Å²) in [5, 5.41) is 8.71. The molecule has 0 saturated carbocycles. The van der Waals surface area contributed by atoms with Crippen molar-refractivity contribution in [3.05, 3.63) is 29.6 Å². The van der Waals surface area contributed by atoms with Crippen molar-refractivity contribution in [3.8, 4) is 0 Å². The number of hydrogen-bond donors (Lipinski definition) is 2. The molecule has 0 radical (unpaired) electrons. The first-order valence-electron chi connectivity index (χ1n) is 5.15. The van der Waals surface area contributed by atoms with Crippen LogP contribution in [0.25, 0.3) is 0 Å². The third-order valence-electron chi connectivity index (χ3n) is 2.29. The van der Waals surface area contributed by atoms with Crippen LogP contribution in [0, 0.1) is 5.82 Å². The molecule has 1 aromatic rings. The second-order valence-corrected chi connectivity index (χ2v) is 5.54. The lowest BCUT2D eigenvalue weighted by Gasteiger charge is -2.16. The monoisotopic (exact) mass is 319 g/mol. The van der Waals surface area contributed by atoms with Crippen molar-refractivity contribution >= 4 is 10.0 Å². The number of benzene rings is 1. The Balaban J connectivity index is 2.95. The molecule has 2 N–H and O–H groups in total. The van der Waals surface area contributed by atoms with Gasteiger partial charge in [0, 0.05) is 0 Å². The van der Waals surface area contributed by atoms with Gasteiger partial charge in [0.2, 0.25) is 10.0 Å². The first-order chi connectivity index (χ1) is 9.10. The molecule has 1 rings (SSSR count). The lowest BCUT2D eigenvalue weighted by Crippen LogP contribution is -2.41. The number of rotatable bonds is 6. The molecule has 20 heavy (non-hydrogen) atoms. The van der Waals surface area contributed by atoms with Gasteiger partial charge in [-0.05, 0) is 17.7 Å². The van der Waals surface area contributed by atoms with Crippen LogP contribution in [-0.4, -0.2) is 32.4 Å². The summed E-state index contributed by atoms with van der Waals surface area (Å²) < 4.78 is 86.7. The van der Waals surface area contributed by atoms with Gasteiger partial charge in [-0.15, -0.1) is 0 Å². The van der Waals surface area contributed by atoms with Crippen molar-refractivity contribution in [2.75, 3.05) is 6.54 Å². The zero-order chi connectivity index (χ0) is 15.6. The third kappa shape index (κ3) is 3.87. The molecule has 114 valence electrons. The Morgan fingerprint density at radius 3 is 2.35 bits per heavy atom. The zero-order valence-electron chi connectivity index (χ0n) is 9.79. The Labute approximate surface area is 111 Å². The van der Waals surface area contributed by atoms with E-state index in [2.05, 4.69) is 0 Å². The first-order valence-corrected chi connectivity index (χ1v) is 6.63. The maximum Gasteiger partial charge on any atom is 0.320 e. The molecule has 0 aromatic heterocycles. The molecule has 0 aliphatic heterocycles. The van der Waals surface area contributed by atoms with Crippen molar-refractivity contribution < 1.29 is 35.5 Å². The standard InChI is InChI=1S/C10H10F5NO3S/c11-7-3-6(4-17)1-2-8(7)20(18,19)16-5-10(14,15)9(12)13/h1-3,9,16-17H,4-5H2. The summed E-state index contributed by atoms with van der Waals surface area (Å²) in [6.45, 7) is -2.40. The number of alkyl halides is 4. The smallest absolute Gasteiger partial charge is 0.320 e. The van der Waals surface area contributed by atoms with E-state index in [1.165, 1.54) is 4.72 Å². The highest BCUT2D eigenvalue weighted by Crippen LogP contribution is 2.23. The van der Waals surface area contributed by atoms with E-state index in [4.69, 9.17) is 5.11 Å². The Kier molecular flexibility index (Phi) is 5.05. The Morgan fingerprint density at radius 1 is 1.30 bits per heavy atom. The highest BCUT2D eigenvalue weighted by molar-refractivity contribution is 7.89. The maximum atomic E-state index is 13.4. The predicted molar refractivity (Wildman–Crippen MR) is 58.5 cm³/mol. The van der Waals surface area contributed by atoms with Crippen LogP contribution in [0.4, 0.5) is 22.0 Å². The maximum absolute atomic E-state index is 13.4. The van der Waals surface area contributed by atoms with Crippen molar-refractivity contribution in [1.29, 1.82) is 0 Å².